The fourth-order valence-corrected chi connectivity index (χ4v) is 1.46. The molecule has 0 radical (unpaired) electrons. The van der Waals surface area contributed by atoms with Gasteiger partial charge in [-0.2, -0.15) is 5.10 Å². The van der Waals surface area contributed by atoms with Crippen molar-refractivity contribution in [3.63, 3.8) is 0 Å². The zero-order valence-corrected chi connectivity index (χ0v) is 11.5. The van der Waals surface area contributed by atoms with Crippen molar-refractivity contribution in [3.05, 3.63) is 40.9 Å². The van der Waals surface area contributed by atoms with Gasteiger partial charge >= 0.3 is 11.8 Å². The minimum atomic E-state index is -0.865. The summed E-state index contributed by atoms with van der Waals surface area (Å²) in [6, 6.07) is 4.69. The Morgan fingerprint density at radius 3 is 2.79 bits per heavy atom. The van der Waals surface area contributed by atoms with Crippen molar-refractivity contribution < 1.29 is 14.7 Å². The highest BCUT2D eigenvalue weighted by molar-refractivity contribution is 9.10. The molecular formula is C12H12BrN3O3. The van der Waals surface area contributed by atoms with E-state index in [1.54, 1.807) is 12.1 Å². The molecule has 19 heavy (non-hydrogen) atoms. The Bertz CT molecular complexity index is 529. The second-order valence-electron chi connectivity index (χ2n) is 3.41. The largest absolute Gasteiger partial charge is 0.507 e. The normalized spacial score (nSPS) is 10.2. The van der Waals surface area contributed by atoms with Crippen LogP contribution in [0, 0.1) is 0 Å². The Hall–Kier alpha value is -2.15. The first-order valence-electron chi connectivity index (χ1n) is 5.25. The van der Waals surface area contributed by atoms with Crippen LogP contribution >= 0.6 is 15.9 Å². The van der Waals surface area contributed by atoms with Crippen molar-refractivity contribution in [1.82, 2.24) is 10.7 Å². The second-order valence-corrected chi connectivity index (χ2v) is 4.26. The first kappa shape index (κ1) is 14.9. The Morgan fingerprint density at radius 1 is 1.42 bits per heavy atom. The molecule has 2 amide bonds. The molecule has 1 aromatic carbocycles. The number of nitrogens with one attached hydrogen (secondary N) is 2. The summed E-state index contributed by atoms with van der Waals surface area (Å²) in [5.74, 6) is -1.55. The summed E-state index contributed by atoms with van der Waals surface area (Å²) in [7, 11) is 0. The van der Waals surface area contributed by atoms with Gasteiger partial charge in [0.2, 0.25) is 0 Å². The van der Waals surface area contributed by atoms with Gasteiger partial charge < -0.3 is 10.4 Å². The number of hydrogen-bond donors (Lipinski definition) is 3. The van der Waals surface area contributed by atoms with Gasteiger partial charge in [-0.25, -0.2) is 5.43 Å². The van der Waals surface area contributed by atoms with Crippen LogP contribution in [0.25, 0.3) is 0 Å². The highest BCUT2D eigenvalue weighted by atomic mass is 79.9. The van der Waals surface area contributed by atoms with Gasteiger partial charge in [0.05, 0.1) is 10.7 Å². The van der Waals surface area contributed by atoms with Crippen LogP contribution in [0.2, 0.25) is 0 Å². The van der Waals surface area contributed by atoms with Gasteiger partial charge in [0.25, 0.3) is 0 Å². The molecule has 0 spiro atoms. The molecule has 0 saturated carbocycles. The number of amides is 2. The van der Waals surface area contributed by atoms with Crippen LogP contribution in [0.15, 0.2) is 40.4 Å². The van der Waals surface area contributed by atoms with Gasteiger partial charge in [-0.15, -0.1) is 6.58 Å². The van der Waals surface area contributed by atoms with Crippen molar-refractivity contribution >= 4 is 34.0 Å². The van der Waals surface area contributed by atoms with Crippen molar-refractivity contribution in [2.75, 3.05) is 6.54 Å². The van der Waals surface area contributed by atoms with E-state index in [1.165, 1.54) is 18.4 Å². The summed E-state index contributed by atoms with van der Waals surface area (Å²) in [6.45, 7) is 3.62. The maximum absolute atomic E-state index is 11.2. The monoisotopic (exact) mass is 325 g/mol. The quantitative estimate of drug-likeness (QED) is 0.332. The maximum atomic E-state index is 11.2. The zero-order chi connectivity index (χ0) is 14.3. The summed E-state index contributed by atoms with van der Waals surface area (Å²) < 4.78 is 0.506. The number of carbonyl (C=O) groups is 2. The number of phenols is 1. The molecule has 0 heterocycles. The van der Waals surface area contributed by atoms with Crippen LogP contribution in [0.1, 0.15) is 5.56 Å². The van der Waals surface area contributed by atoms with Crippen molar-refractivity contribution in [3.8, 4) is 5.75 Å². The minimum absolute atomic E-state index is 0.102. The van der Waals surface area contributed by atoms with E-state index in [0.717, 1.165) is 0 Å². The predicted octanol–water partition coefficient (Wildman–Crippen LogP) is 0.907. The molecule has 0 bridgehead atoms. The summed E-state index contributed by atoms with van der Waals surface area (Å²) in [5.41, 5.74) is 2.73. The first-order chi connectivity index (χ1) is 9.04. The first-order valence-corrected chi connectivity index (χ1v) is 6.04. The number of rotatable bonds is 4. The number of hydrazone groups is 1. The van der Waals surface area contributed by atoms with E-state index in [0.29, 0.717) is 10.0 Å². The van der Waals surface area contributed by atoms with Gasteiger partial charge in [0, 0.05) is 6.54 Å². The standard InChI is InChI=1S/C12H12BrN3O3/c1-2-5-14-11(18)12(19)16-15-7-8-3-4-10(17)9(13)6-8/h2-4,6-7,17H,1,5H2,(H,14,18)(H,16,19)/b15-7+. The molecule has 0 aromatic heterocycles. The molecule has 0 aliphatic carbocycles. The van der Waals surface area contributed by atoms with Crippen LogP contribution < -0.4 is 10.7 Å². The molecule has 1 aromatic rings. The van der Waals surface area contributed by atoms with E-state index in [1.807, 2.05) is 0 Å². The lowest BCUT2D eigenvalue weighted by atomic mass is 10.2. The number of hydrogen-bond acceptors (Lipinski definition) is 4. The van der Waals surface area contributed by atoms with Crippen molar-refractivity contribution in [2.24, 2.45) is 5.10 Å². The maximum Gasteiger partial charge on any atom is 0.329 e. The fourth-order valence-electron chi connectivity index (χ4n) is 1.06. The van der Waals surface area contributed by atoms with Gasteiger partial charge in [0.15, 0.2) is 0 Å². The Labute approximate surface area is 118 Å². The smallest absolute Gasteiger partial charge is 0.329 e. The molecule has 1 rings (SSSR count). The van der Waals surface area contributed by atoms with E-state index >= 15 is 0 Å². The third kappa shape index (κ3) is 4.92. The number of aromatic hydroxyl groups is 1. The van der Waals surface area contributed by atoms with Gasteiger partial charge in [-0.3, -0.25) is 9.59 Å². The Morgan fingerprint density at radius 2 is 2.16 bits per heavy atom. The lowest BCUT2D eigenvalue weighted by Crippen LogP contribution is -2.37. The minimum Gasteiger partial charge on any atom is -0.507 e. The molecule has 0 aliphatic rings. The number of carbonyl (C=O) groups excluding carboxylic acids is 2. The number of halogens is 1. The van der Waals surface area contributed by atoms with Gasteiger partial charge in [-0.1, -0.05) is 6.08 Å². The summed E-state index contributed by atoms with van der Waals surface area (Å²) in [6.07, 6.45) is 2.81. The zero-order valence-electron chi connectivity index (χ0n) is 9.89. The second kappa shape index (κ2) is 7.32. The van der Waals surface area contributed by atoms with E-state index < -0.39 is 11.8 Å². The average Bonchev–Trinajstić information content (AvgIpc) is 2.39. The molecule has 0 unspecified atom stereocenters. The molecule has 100 valence electrons. The third-order valence-electron chi connectivity index (χ3n) is 1.96. The van der Waals surface area contributed by atoms with Crippen LogP contribution in [0.4, 0.5) is 0 Å². The van der Waals surface area contributed by atoms with Crippen molar-refractivity contribution in [2.45, 2.75) is 0 Å². The number of phenolic OH excluding ortho intramolecular Hbond substituents is 1. The molecule has 0 saturated heterocycles. The Kier molecular flexibility index (Phi) is 5.74. The topological polar surface area (TPSA) is 90.8 Å². The molecule has 0 aliphatic heterocycles. The van der Waals surface area contributed by atoms with Crippen molar-refractivity contribution in [1.29, 1.82) is 0 Å². The van der Waals surface area contributed by atoms with E-state index in [2.05, 4.69) is 38.4 Å². The molecule has 0 atom stereocenters. The van der Waals surface area contributed by atoms with Crippen LogP contribution in [0.3, 0.4) is 0 Å². The Balaban J connectivity index is 2.53. The van der Waals surface area contributed by atoms with Gasteiger partial charge in [0.1, 0.15) is 5.75 Å². The van der Waals surface area contributed by atoms with Crippen LogP contribution in [0.5, 0.6) is 5.75 Å². The highest BCUT2D eigenvalue weighted by Crippen LogP contribution is 2.23. The molecule has 7 heteroatoms. The van der Waals surface area contributed by atoms with E-state index in [9.17, 15) is 14.7 Å². The predicted molar refractivity (Wildman–Crippen MR) is 74.8 cm³/mol. The third-order valence-corrected chi connectivity index (χ3v) is 2.60. The van der Waals surface area contributed by atoms with Crippen LogP contribution in [-0.4, -0.2) is 29.7 Å². The van der Waals surface area contributed by atoms with E-state index in [4.69, 9.17) is 0 Å². The summed E-state index contributed by atoms with van der Waals surface area (Å²) in [4.78, 5) is 22.4. The summed E-state index contributed by atoms with van der Waals surface area (Å²) in [5, 5.41) is 15.2. The molecule has 3 N–H and O–H groups in total. The van der Waals surface area contributed by atoms with Gasteiger partial charge in [-0.05, 0) is 39.7 Å². The molecular weight excluding hydrogens is 314 g/mol. The highest BCUT2D eigenvalue weighted by Gasteiger charge is 2.10. The van der Waals surface area contributed by atoms with E-state index in [-0.39, 0.29) is 12.3 Å². The fraction of sp³-hybridized carbons (Fsp3) is 0.0833. The summed E-state index contributed by atoms with van der Waals surface area (Å²) >= 11 is 3.15. The lowest BCUT2D eigenvalue weighted by Gasteiger charge is -2.00. The SMILES string of the molecule is C=CCNC(=O)C(=O)N/N=C/c1ccc(O)c(Br)c1. The average molecular weight is 326 g/mol. The molecule has 6 nitrogen and oxygen atoms in total. The van der Waals surface area contributed by atoms with Crippen LogP contribution in [-0.2, 0) is 9.59 Å². The molecule has 0 fully saturated rings. The number of benzene rings is 1. The number of nitrogens with zero attached hydrogens (tertiary/aromatic N) is 1. The lowest BCUT2D eigenvalue weighted by molar-refractivity contribution is -0.139.